The first-order valence-corrected chi connectivity index (χ1v) is 16.5. The van der Waals surface area contributed by atoms with E-state index in [0.29, 0.717) is 38.8 Å². The third-order valence-corrected chi connectivity index (χ3v) is 7.37. The van der Waals surface area contributed by atoms with Gasteiger partial charge in [0, 0.05) is 13.1 Å². The Morgan fingerprint density at radius 2 is 1.29 bits per heavy atom. The van der Waals surface area contributed by atoms with Crippen LogP contribution in [0.25, 0.3) is 11.1 Å². The molecule has 4 amide bonds. The van der Waals surface area contributed by atoms with Crippen LogP contribution in [0.2, 0.25) is 0 Å². The molecule has 0 saturated carbocycles. The minimum absolute atomic E-state index is 0.158. The lowest BCUT2D eigenvalue weighted by Gasteiger charge is -2.21. The molecule has 8 N–H and O–H groups in total. The average Bonchev–Trinajstić information content (AvgIpc) is 3.12. The van der Waals surface area contributed by atoms with Gasteiger partial charge in [0.2, 0.25) is 5.91 Å². The molecule has 3 aromatic carbocycles. The van der Waals surface area contributed by atoms with E-state index in [-0.39, 0.29) is 26.0 Å². The van der Waals surface area contributed by atoms with Crippen molar-refractivity contribution in [3.05, 3.63) is 96.1 Å². The van der Waals surface area contributed by atoms with Gasteiger partial charge in [-0.1, -0.05) is 84.9 Å². The van der Waals surface area contributed by atoms with Gasteiger partial charge >= 0.3 is 30.2 Å². The summed E-state index contributed by atoms with van der Waals surface area (Å²) >= 11 is 0. The summed E-state index contributed by atoms with van der Waals surface area (Å²) in [6.07, 6.45) is -2.94. The van der Waals surface area contributed by atoms with Gasteiger partial charge in [0.25, 0.3) is 0 Å². The molecule has 0 aliphatic rings. The lowest BCUT2D eigenvalue weighted by atomic mass is 9.99. The van der Waals surface area contributed by atoms with Crippen molar-refractivity contribution in [3.8, 4) is 11.1 Å². The summed E-state index contributed by atoms with van der Waals surface area (Å²) in [5.74, 6) is -4.32. The van der Waals surface area contributed by atoms with Gasteiger partial charge in [0.1, 0.15) is 18.7 Å². The molecule has 16 heteroatoms. The summed E-state index contributed by atoms with van der Waals surface area (Å²) in [6.45, 7) is 1.13. The van der Waals surface area contributed by atoms with Crippen LogP contribution in [-0.2, 0) is 32.3 Å². The lowest BCUT2D eigenvalue weighted by molar-refractivity contribution is -0.192. The average molecular weight is 732 g/mol. The number of carbonyl (C=O) groups is 5. The molecule has 13 nitrogen and oxygen atoms in total. The maximum absolute atomic E-state index is 13.3. The highest BCUT2D eigenvalue weighted by Crippen LogP contribution is 2.23. The molecule has 0 bridgehead atoms. The van der Waals surface area contributed by atoms with E-state index in [4.69, 9.17) is 20.4 Å². The van der Waals surface area contributed by atoms with Gasteiger partial charge in [0.05, 0.1) is 0 Å². The van der Waals surface area contributed by atoms with Crippen LogP contribution < -0.4 is 27.0 Å². The Bertz CT molecular complexity index is 1560. The predicted molar refractivity (Wildman–Crippen MR) is 186 cm³/mol. The minimum atomic E-state index is -5.08. The van der Waals surface area contributed by atoms with Gasteiger partial charge in [-0.25, -0.2) is 19.2 Å². The molecule has 3 rings (SSSR count). The summed E-state index contributed by atoms with van der Waals surface area (Å²) in [5, 5.41) is 27.4. The van der Waals surface area contributed by atoms with E-state index in [1.165, 1.54) is 0 Å². The minimum Gasteiger partial charge on any atom is -0.480 e. The molecular weight excluding hydrogens is 687 g/mol. The van der Waals surface area contributed by atoms with Crippen molar-refractivity contribution < 1.29 is 52.1 Å². The zero-order valence-electron chi connectivity index (χ0n) is 28.4. The third-order valence-electron chi connectivity index (χ3n) is 7.37. The van der Waals surface area contributed by atoms with Gasteiger partial charge in [0.15, 0.2) is 0 Å². The molecule has 0 aromatic heterocycles. The lowest BCUT2D eigenvalue weighted by Crippen LogP contribution is -2.53. The quantitative estimate of drug-likeness (QED) is 0.0882. The Labute approximate surface area is 299 Å². The van der Waals surface area contributed by atoms with E-state index >= 15 is 0 Å². The number of carboxylic acids is 2. The first kappa shape index (κ1) is 42.5. The summed E-state index contributed by atoms with van der Waals surface area (Å²) in [7, 11) is 0. The summed E-state index contributed by atoms with van der Waals surface area (Å²) in [4.78, 5) is 58.8. The van der Waals surface area contributed by atoms with Crippen molar-refractivity contribution in [2.75, 3.05) is 13.1 Å². The highest BCUT2D eigenvalue weighted by Gasteiger charge is 2.38. The Hall–Kier alpha value is -5.64. The number of alkyl carbamates (subject to hydrolysis) is 1. The molecule has 0 heterocycles. The smallest absolute Gasteiger partial charge is 0.480 e. The van der Waals surface area contributed by atoms with E-state index in [0.717, 1.165) is 22.3 Å². The van der Waals surface area contributed by atoms with Gasteiger partial charge in [-0.05, 0) is 67.3 Å². The number of halogens is 3. The van der Waals surface area contributed by atoms with Crippen LogP contribution in [0.4, 0.5) is 22.8 Å². The number of ether oxygens (including phenoxy) is 1. The van der Waals surface area contributed by atoms with Crippen LogP contribution >= 0.6 is 0 Å². The number of nitrogens with two attached hydrogens (primary N) is 1. The molecule has 0 radical (unpaired) electrons. The van der Waals surface area contributed by atoms with Crippen LogP contribution in [0.5, 0.6) is 0 Å². The fraction of sp³-hybridized carbons (Fsp3) is 0.361. The molecule has 0 aliphatic carbocycles. The normalized spacial score (nSPS) is 11.8. The molecule has 2 atom stereocenters. The molecular formula is C36H44F3N5O8. The van der Waals surface area contributed by atoms with Gasteiger partial charge in [-0.3, -0.25) is 4.79 Å². The Morgan fingerprint density at radius 1 is 0.731 bits per heavy atom. The molecule has 0 unspecified atom stereocenters. The first-order valence-electron chi connectivity index (χ1n) is 16.5. The van der Waals surface area contributed by atoms with Crippen LogP contribution in [-0.4, -0.2) is 71.5 Å². The van der Waals surface area contributed by atoms with Crippen LogP contribution in [0.15, 0.2) is 84.9 Å². The Balaban J connectivity index is 0.00000121. The summed E-state index contributed by atoms with van der Waals surface area (Å²) in [5.41, 5.74) is 9.28. The number of nitrogens with one attached hydrogen (secondary N) is 4. The summed E-state index contributed by atoms with van der Waals surface area (Å²) in [6, 6.07) is 24.1. The molecule has 0 saturated heterocycles. The van der Waals surface area contributed by atoms with Crippen molar-refractivity contribution >= 4 is 30.0 Å². The van der Waals surface area contributed by atoms with E-state index in [9.17, 15) is 37.5 Å². The molecule has 0 fully saturated rings. The van der Waals surface area contributed by atoms with Crippen LogP contribution in [0.3, 0.4) is 0 Å². The highest BCUT2D eigenvalue weighted by molar-refractivity contribution is 5.89. The Kier molecular flexibility index (Phi) is 18.8. The van der Waals surface area contributed by atoms with Gasteiger partial charge in [-0.2, -0.15) is 13.2 Å². The van der Waals surface area contributed by atoms with E-state index in [2.05, 4.69) is 21.3 Å². The summed E-state index contributed by atoms with van der Waals surface area (Å²) < 4.78 is 37.0. The monoisotopic (exact) mass is 731 g/mol. The van der Waals surface area contributed by atoms with Gasteiger partial charge in [-0.15, -0.1) is 0 Å². The van der Waals surface area contributed by atoms with Crippen molar-refractivity contribution in [1.82, 2.24) is 21.3 Å². The predicted octanol–water partition coefficient (Wildman–Crippen LogP) is 4.95. The number of unbranched alkanes of at least 4 members (excludes halogenated alkanes) is 2. The number of urea groups is 1. The SMILES string of the molecule is NCCCC[C@H](NC(=O)N[C@H](CCCCNC(=O)OCc1ccccc1)C(=O)NCc1ccccc1-c1ccccc1)C(=O)O.O=C(O)C(F)(F)F. The third kappa shape index (κ3) is 16.8. The molecule has 282 valence electrons. The number of carboxylic acid groups (broad SMARTS) is 2. The fourth-order valence-electron chi connectivity index (χ4n) is 4.69. The van der Waals surface area contributed by atoms with Crippen LogP contribution in [0.1, 0.15) is 49.7 Å². The van der Waals surface area contributed by atoms with Crippen molar-refractivity contribution in [1.29, 1.82) is 0 Å². The van der Waals surface area contributed by atoms with E-state index in [1.54, 1.807) is 0 Å². The van der Waals surface area contributed by atoms with Gasteiger partial charge < -0.3 is 42.0 Å². The molecule has 0 spiro atoms. The second-order valence-electron chi connectivity index (χ2n) is 11.4. The maximum Gasteiger partial charge on any atom is 0.490 e. The number of hydrogen-bond acceptors (Lipinski definition) is 7. The van der Waals surface area contributed by atoms with E-state index < -0.39 is 48.2 Å². The number of carbonyl (C=O) groups excluding carboxylic acids is 3. The van der Waals surface area contributed by atoms with Crippen molar-refractivity contribution in [2.45, 2.75) is 69.9 Å². The highest BCUT2D eigenvalue weighted by atomic mass is 19.4. The first-order chi connectivity index (χ1) is 24.8. The standard InChI is InChI=1S/C34H43N5O6.C2HF3O2/c35-21-11-9-20-30(32(41)42)39-33(43)38-29(19-10-12-22-36-34(44)45-24-25-13-3-1-4-14-25)31(40)37-23-27-17-7-8-18-28(27)26-15-5-2-6-16-26;3-2(4,5)1(6)7/h1-8,13-18,29-30H,9-12,19-24,35H2,(H,36,44)(H,37,40)(H,41,42)(H2,38,39,43);(H,6,7)/t29-,30+;/m1./s1. The topological polar surface area (TPSA) is 209 Å². The number of alkyl halides is 3. The molecule has 52 heavy (non-hydrogen) atoms. The second kappa shape index (κ2) is 23.0. The van der Waals surface area contributed by atoms with Crippen LogP contribution in [0, 0.1) is 0 Å². The number of rotatable bonds is 18. The number of amides is 4. The molecule has 0 aliphatic heterocycles. The second-order valence-corrected chi connectivity index (χ2v) is 11.4. The number of hydrogen-bond donors (Lipinski definition) is 7. The largest absolute Gasteiger partial charge is 0.490 e. The number of benzene rings is 3. The fourth-order valence-corrected chi connectivity index (χ4v) is 4.69. The van der Waals surface area contributed by atoms with E-state index in [1.807, 2.05) is 84.9 Å². The maximum atomic E-state index is 13.3. The zero-order chi connectivity index (χ0) is 38.4. The Morgan fingerprint density at radius 3 is 1.90 bits per heavy atom. The van der Waals surface area contributed by atoms with Crippen molar-refractivity contribution in [3.63, 3.8) is 0 Å². The molecule has 3 aromatic rings. The number of aliphatic carboxylic acids is 2. The zero-order valence-corrected chi connectivity index (χ0v) is 28.4. The van der Waals surface area contributed by atoms with Crippen molar-refractivity contribution in [2.24, 2.45) is 5.73 Å².